The zero-order chi connectivity index (χ0) is 16.0. The summed E-state index contributed by atoms with van der Waals surface area (Å²) < 4.78 is 0. The van der Waals surface area contributed by atoms with Crippen molar-refractivity contribution in [1.29, 1.82) is 0 Å². The molecule has 118 valence electrons. The maximum atomic E-state index is 9.82. The Labute approximate surface area is 132 Å². The van der Waals surface area contributed by atoms with Gasteiger partial charge in [0.05, 0.1) is 6.61 Å². The molecule has 1 heterocycles. The lowest BCUT2D eigenvalue weighted by Crippen LogP contribution is -2.38. The van der Waals surface area contributed by atoms with Gasteiger partial charge in [-0.1, -0.05) is 37.3 Å². The highest BCUT2D eigenvalue weighted by Gasteiger charge is 2.25. The van der Waals surface area contributed by atoms with Crippen molar-refractivity contribution in [3.8, 4) is 0 Å². The Bertz CT molecular complexity index is 586. The quantitative estimate of drug-likeness (QED) is 0.823. The lowest BCUT2D eigenvalue weighted by molar-refractivity contribution is 0.201. The van der Waals surface area contributed by atoms with Crippen LogP contribution in [-0.4, -0.2) is 37.3 Å². The summed E-state index contributed by atoms with van der Waals surface area (Å²) in [5, 5.41) is 13.3. The van der Waals surface area contributed by atoms with Crippen LogP contribution >= 0.6 is 0 Å². The zero-order valence-electron chi connectivity index (χ0n) is 13.6. The molecule has 2 N–H and O–H groups in total. The highest BCUT2D eigenvalue weighted by molar-refractivity contribution is 5.50. The van der Waals surface area contributed by atoms with Gasteiger partial charge in [0.25, 0.3) is 0 Å². The summed E-state index contributed by atoms with van der Waals surface area (Å²) in [7, 11) is 4.06. The van der Waals surface area contributed by atoms with Crippen LogP contribution in [-0.2, 0) is 12.0 Å². The minimum atomic E-state index is -0.290. The number of aliphatic hydroxyl groups excluding tert-OH is 1. The lowest BCUT2D eigenvalue weighted by atomic mass is 9.83. The maximum absolute atomic E-state index is 9.82. The Morgan fingerprint density at radius 1 is 1.18 bits per heavy atom. The van der Waals surface area contributed by atoms with Gasteiger partial charge >= 0.3 is 0 Å². The molecule has 0 aliphatic heterocycles. The van der Waals surface area contributed by atoms with E-state index in [1.165, 1.54) is 0 Å². The molecule has 0 saturated carbocycles. The van der Waals surface area contributed by atoms with Crippen LogP contribution in [0.4, 0.5) is 5.69 Å². The average molecular weight is 299 g/mol. The number of nitrogens with zero attached hydrogens (tertiary/aromatic N) is 2. The van der Waals surface area contributed by atoms with Crippen LogP contribution in [0.5, 0.6) is 0 Å². The Morgan fingerprint density at radius 2 is 1.91 bits per heavy atom. The van der Waals surface area contributed by atoms with Gasteiger partial charge in [0.15, 0.2) is 0 Å². The van der Waals surface area contributed by atoms with Gasteiger partial charge in [0.1, 0.15) is 0 Å². The molecular formula is C18H25N3O. The van der Waals surface area contributed by atoms with E-state index in [1.807, 2.05) is 44.6 Å². The van der Waals surface area contributed by atoms with Crippen molar-refractivity contribution in [1.82, 2.24) is 10.3 Å². The fourth-order valence-electron chi connectivity index (χ4n) is 2.56. The average Bonchev–Trinajstić information content (AvgIpc) is 2.55. The number of aliphatic hydroxyl groups is 1. The van der Waals surface area contributed by atoms with E-state index in [-0.39, 0.29) is 12.0 Å². The monoisotopic (exact) mass is 299 g/mol. The van der Waals surface area contributed by atoms with Crippen LogP contribution < -0.4 is 10.2 Å². The van der Waals surface area contributed by atoms with Crippen molar-refractivity contribution in [3.63, 3.8) is 0 Å². The normalized spacial score (nSPS) is 13.6. The second kappa shape index (κ2) is 7.38. The maximum Gasteiger partial charge on any atom is 0.0537 e. The summed E-state index contributed by atoms with van der Waals surface area (Å²) in [5.74, 6) is 0. The molecule has 1 aromatic carbocycles. The van der Waals surface area contributed by atoms with Gasteiger partial charge in [-0.3, -0.25) is 4.98 Å². The molecule has 2 rings (SSSR count). The first kappa shape index (κ1) is 16.5. The molecule has 0 spiro atoms. The predicted molar refractivity (Wildman–Crippen MR) is 91.2 cm³/mol. The van der Waals surface area contributed by atoms with Crippen LogP contribution in [0.1, 0.15) is 18.1 Å². The van der Waals surface area contributed by atoms with E-state index in [4.69, 9.17) is 0 Å². The molecular weight excluding hydrogens is 274 g/mol. The third kappa shape index (κ3) is 3.84. The smallest absolute Gasteiger partial charge is 0.0537 e. The number of benzene rings is 1. The predicted octanol–water partition coefficient (Wildman–Crippen LogP) is 2.19. The second-order valence-electron chi connectivity index (χ2n) is 6.09. The summed E-state index contributed by atoms with van der Waals surface area (Å²) in [4.78, 5) is 6.29. The molecule has 1 unspecified atom stereocenters. The summed E-state index contributed by atoms with van der Waals surface area (Å²) in [6.07, 6.45) is 3.70. The summed E-state index contributed by atoms with van der Waals surface area (Å²) >= 11 is 0. The first-order valence-electron chi connectivity index (χ1n) is 7.54. The molecule has 0 aliphatic rings. The summed E-state index contributed by atoms with van der Waals surface area (Å²) in [6, 6.07) is 12.1. The van der Waals surface area contributed by atoms with E-state index in [1.54, 1.807) is 6.20 Å². The molecule has 0 amide bonds. The van der Waals surface area contributed by atoms with Crippen molar-refractivity contribution >= 4 is 5.69 Å². The van der Waals surface area contributed by atoms with Gasteiger partial charge < -0.3 is 15.3 Å². The first-order chi connectivity index (χ1) is 10.6. The fraction of sp³-hybridized carbons (Fsp3) is 0.389. The van der Waals surface area contributed by atoms with E-state index >= 15 is 0 Å². The number of rotatable bonds is 7. The topological polar surface area (TPSA) is 48.4 Å². The highest BCUT2D eigenvalue weighted by Crippen LogP contribution is 2.23. The zero-order valence-corrected chi connectivity index (χ0v) is 13.6. The Kier molecular flexibility index (Phi) is 5.52. The van der Waals surface area contributed by atoms with E-state index in [0.717, 1.165) is 23.4 Å². The Balaban J connectivity index is 2.04. The van der Waals surface area contributed by atoms with E-state index < -0.39 is 0 Å². The van der Waals surface area contributed by atoms with Crippen molar-refractivity contribution in [2.24, 2.45) is 0 Å². The third-order valence-electron chi connectivity index (χ3n) is 4.01. The Morgan fingerprint density at radius 3 is 2.55 bits per heavy atom. The molecule has 1 aromatic heterocycles. The largest absolute Gasteiger partial charge is 0.395 e. The van der Waals surface area contributed by atoms with E-state index in [9.17, 15) is 5.11 Å². The van der Waals surface area contributed by atoms with Crippen LogP contribution in [0.3, 0.4) is 0 Å². The highest BCUT2D eigenvalue weighted by atomic mass is 16.3. The van der Waals surface area contributed by atoms with Gasteiger partial charge in [-0.05, 0) is 11.6 Å². The third-order valence-corrected chi connectivity index (χ3v) is 4.01. The van der Waals surface area contributed by atoms with E-state index in [2.05, 4.69) is 34.3 Å². The van der Waals surface area contributed by atoms with Gasteiger partial charge in [-0.15, -0.1) is 0 Å². The van der Waals surface area contributed by atoms with Crippen LogP contribution in [0.25, 0.3) is 0 Å². The number of nitrogens with one attached hydrogen (secondary N) is 1. The summed E-state index contributed by atoms with van der Waals surface area (Å²) in [5.41, 5.74) is 3.17. The van der Waals surface area contributed by atoms with Crippen LogP contribution in [0.15, 0.2) is 48.8 Å². The van der Waals surface area contributed by atoms with Crippen LogP contribution in [0, 0.1) is 0 Å². The number of pyridine rings is 1. The molecule has 0 bridgehead atoms. The molecule has 0 fully saturated rings. The number of hydrogen-bond acceptors (Lipinski definition) is 4. The molecule has 0 aliphatic carbocycles. The standard InChI is InChI=1S/C18H25N3O/c1-18(14-22,16-7-5-4-6-8-16)13-20-12-15-11-19-10-9-17(15)21(2)3/h4-11,20,22H,12-14H2,1-3H3. The van der Waals surface area contributed by atoms with Crippen LogP contribution in [0.2, 0.25) is 0 Å². The second-order valence-corrected chi connectivity index (χ2v) is 6.09. The van der Waals surface area contributed by atoms with Crippen molar-refractivity contribution in [2.75, 3.05) is 32.1 Å². The van der Waals surface area contributed by atoms with Crippen molar-refractivity contribution < 1.29 is 5.11 Å². The van der Waals surface area contributed by atoms with Gasteiger partial charge in [0, 0.05) is 56.2 Å². The van der Waals surface area contributed by atoms with E-state index in [0.29, 0.717) is 6.54 Å². The molecule has 2 aromatic rings. The number of aromatic nitrogens is 1. The molecule has 4 nitrogen and oxygen atoms in total. The van der Waals surface area contributed by atoms with Gasteiger partial charge in [-0.25, -0.2) is 0 Å². The first-order valence-corrected chi connectivity index (χ1v) is 7.54. The summed E-state index contributed by atoms with van der Waals surface area (Å²) in [6.45, 7) is 3.61. The minimum Gasteiger partial charge on any atom is -0.395 e. The fourth-order valence-corrected chi connectivity index (χ4v) is 2.56. The Hall–Kier alpha value is -1.91. The van der Waals surface area contributed by atoms with Gasteiger partial charge in [-0.2, -0.15) is 0 Å². The van der Waals surface area contributed by atoms with Gasteiger partial charge in [0.2, 0.25) is 0 Å². The number of hydrogen-bond donors (Lipinski definition) is 2. The lowest BCUT2D eigenvalue weighted by Gasteiger charge is -2.28. The van der Waals surface area contributed by atoms with Crippen molar-refractivity contribution in [3.05, 3.63) is 59.9 Å². The molecule has 1 atom stereocenters. The molecule has 4 heteroatoms. The molecule has 0 saturated heterocycles. The molecule has 22 heavy (non-hydrogen) atoms. The SMILES string of the molecule is CN(C)c1ccncc1CNCC(C)(CO)c1ccccc1. The van der Waals surface area contributed by atoms with Crippen molar-refractivity contribution in [2.45, 2.75) is 18.9 Å². The minimum absolute atomic E-state index is 0.109. The number of anilines is 1. The molecule has 0 radical (unpaired) electrons.